The second-order valence-corrected chi connectivity index (χ2v) is 6.85. The second kappa shape index (κ2) is 6.85. The van der Waals surface area contributed by atoms with Gasteiger partial charge in [-0.1, -0.05) is 6.58 Å². The number of phenolic OH excluding ortho intramolecular Hbond substituents is 1. The lowest BCUT2D eigenvalue weighted by atomic mass is 9.97. The van der Waals surface area contributed by atoms with Crippen LogP contribution in [-0.2, 0) is 16.1 Å². The van der Waals surface area contributed by atoms with Gasteiger partial charge in [-0.05, 0) is 42.3 Å². The number of ether oxygens (including phenoxy) is 4. The highest BCUT2D eigenvalue weighted by Gasteiger charge is 2.36. The van der Waals surface area contributed by atoms with Gasteiger partial charge >= 0.3 is 5.97 Å². The molecule has 2 aromatic rings. The third-order valence-corrected chi connectivity index (χ3v) is 4.88. The molecule has 1 saturated heterocycles. The Hall–Kier alpha value is -3.03. The van der Waals surface area contributed by atoms with Gasteiger partial charge in [0.2, 0.25) is 0 Å². The molecule has 146 valence electrons. The maximum absolute atomic E-state index is 12.8. The third kappa shape index (κ3) is 2.89. The molecule has 0 spiro atoms. The molecule has 0 bridgehead atoms. The highest BCUT2D eigenvalue weighted by Crippen LogP contribution is 2.45. The Labute approximate surface area is 161 Å². The fourth-order valence-electron chi connectivity index (χ4n) is 3.53. The van der Waals surface area contributed by atoms with E-state index in [2.05, 4.69) is 6.58 Å². The van der Waals surface area contributed by atoms with Crippen LogP contribution in [0.4, 0.5) is 0 Å². The summed E-state index contributed by atoms with van der Waals surface area (Å²) in [5.41, 5.74) is 2.48. The van der Waals surface area contributed by atoms with Crippen molar-refractivity contribution in [3.63, 3.8) is 0 Å². The number of hydrogen-bond acceptors (Lipinski definition) is 7. The lowest BCUT2D eigenvalue weighted by Gasteiger charge is -2.24. The number of aryl methyl sites for hydroxylation is 1. The van der Waals surface area contributed by atoms with Gasteiger partial charge < -0.3 is 29.2 Å². The Kier molecular flexibility index (Phi) is 4.49. The molecule has 2 heterocycles. The summed E-state index contributed by atoms with van der Waals surface area (Å²) in [6.07, 6.45) is -1.63. The van der Waals surface area contributed by atoms with Crippen molar-refractivity contribution in [1.29, 1.82) is 0 Å². The number of rotatable bonds is 2. The van der Waals surface area contributed by atoms with Crippen molar-refractivity contribution in [3.8, 4) is 23.0 Å². The number of aromatic hydroxyl groups is 1. The fourth-order valence-corrected chi connectivity index (χ4v) is 3.53. The molecule has 7 heteroatoms. The second-order valence-electron chi connectivity index (χ2n) is 6.85. The van der Waals surface area contributed by atoms with Crippen LogP contribution in [0.1, 0.15) is 33.2 Å². The molecule has 2 aliphatic heterocycles. The van der Waals surface area contributed by atoms with Gasteiger partial charge in [0.05, 0.1) is 13.7 Å². The van der Waals surface area contributed by atoms with Crippen LogP contribution < -0.4 is 9.47 Å². The molecule has 0 aromatic heterocycles. The van der Waals surface area contributed by atoms with E-state index in [0.29, 0.717) is 16.7 Å². The first kappa shape index (κ1) is 18.3. The molecule has 28 heavy (non-hydrogen) atoms. The average Bonchev–Trinajstić information content (AvgIpc) is 2.99. The molecule has 0 aliphatic carbocycles. The van der Waals surface area contributed by atoms with Gasteiger partial charge in [0.15, 0.2) is 11.5 Å². The summed E-state index contributed by atoms with van der Waals surface area (Å²) in [5.74, 6) is -0.0903. The monoisotopic (exact) mass is 384 g/mol. The molecule has 0 amide bonds. The van der Waals surface area contributed by atoms with Crippen molar-refractivity contribution >= 4 is 5.97 Å². The highest BCUT2D eigenvalue weighted by atomic mass is 16.5. The number of cyclic esters (lactones) is 1. The van der Waals surface area contributed by atoms with E-state index >= 15 is 0 Å². The number of carbonyl (C=O) groups excluding carboxylic acids is 1. The first-order chi connectivity index (χ1) is 13.4. The van der Waals surface area contributed by atoms with Crippen molar-refractivity contribution in [2.24, 2.45) is 0 Å². The highest BCUT2D eigenvalue weighted by molar-refractivity contribution is 5.96. The van der Waals surface area contributed by atoms with Gasteiger partial charge in [-0.2, -0.15) is 0 Å². The number of methoxy groups -OCH3 is 1. The molecule has 0 saturated carbocycles. The van der Waals surface area contributed by atoms with Crippen molar-refractivity contribution in [2.75, 3.05) is 13.7 Å². The summed E-state index contributed by atoms with van der Waals surface area (Å²) in [4.78, 5) is 12.8. The van der Waals surface area contributed by atoms with E-state index in [1.165, 1.54) is 7.11 Å². The maximum Gasteiger partial charge on any atom is 0.346 e. The van der Waals surface area contributed by atoms with E-state index in [1.54, 1.807) is 24.3 Å². The Morgan fingerprint density at radius 2 is 2.04 bits per heavy atom. The number of carbonyl (C=O) groups is 1. The predicted octanol–water partition coefficient (Wildman–Crippen LogP) is 3.16. The molecule has 2 aliphatic rings. The van der Waals surface area contributed by atoms with Crippen LogP contribution >= 0.6 is 0 Å². The molecule has 4 rings (SSSR count). The molecule has 2 aromatic carbocycles. The minimum Gasteiger partial charge on any atom is -0.504 e. The van der Waals surface area contributed by atoms with Gasteiger partial charge in [0, 0.05) is 11.1 Å². The van der Waals surface area contributed by atoms with E-state index < -0.39 is 18.2 Å². The zero-order valence-corrected chi connectivity index (χ0v) is 15.5. The van der Waals surface area contributed by atoms with E-state index in [9.17, 15) is 15.0 Å². The van der Waals surface area contributed by atoms with E-state index in [-0.39, 0.29) is 41.8 Å². The molecule has 1 fully saturated rings. The lowest BCUT2D eigenvalue weighted by molar-refractivity contribution is 0.0399. The van der Waals surface area contributed by atoms with Crippen LogP contribution in [0.25, 0.3) is 0 Å². The summed E-state index contributed by atoms with van der Waals surface area (Å²) < 4.78 is 22.4. The SMILES string of the molecule is C=C1COC(c2ccc3c(c2OC)C(=O)OCc2cc(C)cc(O)c2O3)C1O. The van der Waals surface area contributed by atoms with Gasteiger partial charge in [-0.3, -0.25) is 0 Å². The zero-order chi connectivity index (χ0) is 20.0. The van der Waals surface area contributed by atoms with Gasteiger partial charge in [0.25, 0.3) is 0 Å². The number of aliphatic hydroxyl groups excluding tert-OH is 1. The number of phenols is 1. The first-order valence-corrected chi connectivity index (χ1v) is 8.76. The van der Waals surface area contributed by atoms with Crippen LogP contribution in [0.2, 0.25) is 0 Å². The lowest BCUT2D eigenvalue weighted by Crippen LogP contribution is -2.18. The molecule has 0 radical (unpaired) electrons. The smallest absolute Gasteiger partial charge is 0.346 e. The Balaban J connectivity index is 1.85. The summed E-state index contributed by atoms with van der Waals surface area (Å²) in [6.45, 7) is 5.76. The molecular weight excluding hydrogens is 364 g/mol. The predicted molar refractivity (Wildman–Crippen MR) is 98.9 cm³/mol. The minimum absolute atomic E-state index is 0.0483. The number of benzene rings is 2. The fraction of sp³-hybridized carbons (Fsp3) is 0.286. The minimum atomic E-state index is -0.912. The van der Waals surface area contributed by atoms with Gasteiger partial charge in [0.1, 0.15) is 35.9 Å². The van der Waals surface area contributed by atoms with Crippen LogP contribution in [-0.4, -0.2) is 36.0 Å². The largest absolute Gasteiger partial charge is 0.504 e. The standard InChI is InChI=1S/C21H20O7/c1-10-6-12-9-27-21(24)16-15(28-18(12)14(22)7-10)5-4-13(19(16)25-3)20-17(23)11(2)8-26-20/h4-7,17,20,22-23H,2,8-9H2,1,3H3. The van der Waals surface area contributed by atoms with Crippen molar-refractivity contribution in [3.05, 3.63) is 58.7 Å². The summed E-state index contributed by atoms with van der Waals surface area (Å²) in [6, 6.07) is 6.58. The van der Waals surface area contributed by atoms with Crippen LogP contribution in [0.3, 0.4) is 0 Å². The zero-order valence-electron chi connectivity index (χ0n) is 15.5. The van der Waals surface area contributed by atoms with Gasteiger partial charge in [-0.15, -0.1) is 0 Å². The summed E-state index contributed by atoms with van der Waals surface area (Å²) in [7, 11) is 1.41. The first-order valence-electron chi connectivity index (χ1n) is 8.76. The topological polar surface area (TPSA) is 94.5 Å². The number of fused-ring (bicyclic) bond motifs is 2. The Morgan fingerprint density at radius 1 is 1.25 bits per heavy atom. The molecule has 2 unspecified atom stereocenters. The van der Waals surface area contributed by atoms with E-state index in [1.807, 2.05) is 6.92 Å². The van der Waals surface area contributed by atoms with Crippen LogP contribution in [0.15, 0.2) is 36.4 Å². The molecule has 7 nitrogen and oxygen atoms in total. The van der Waals surface area contributed by atoms with Crippen LogP contribution in [0, 0.1) is 6.92 Å². The van der Waals surface area contributed by atoms with Crippen molar-refractivity contribution < 1.29 is 34.0 Å². The number of hydrogen-bond donors (Lipinski definition) is 2. The van der Waals surface area contributed by atoms with E-state index in [4.69, 9.17) is 18.9 Å². The normalized spacial score (nSPS) is 21.1. The molecule has 2 atom stereocenters. The molecule has 2 N–H and O–H groups in total. The third-order valence-electron chi connectivity index (χ3n) is 4.88. The quantitative estimate of drug-likeness (QED) is 0.607. The molecular formula is C21H20O7. The van der Waals surface area contributed by atoms with E-state index in [0.717, 1.165) is 5.56 Å². The summed E-state index contributed by atoms with van der Waals surface area (Å²) in [5, 5.41) is 20.6. The Morgan fingerprint density at radius 3 is 2.71 bits per heavy atom. The number of aliphatic hydroxyl groups is 1. The number of esters is 1. The maximum atomic E-state index is 12.8. The van der Waals surface area contributed by atoms with Crippen molar-refractivity contribution in [1.82, 2.24) is 0 Å². The van der Waals surface area contributed by atoms with Crippen molar-refractivity contribution in [2.45, 2.75) is 25.7 Å². The summed E-state index contributed by atoms with van der Waals surface area (Å²) >= 11 is 0. The van der Waals surface area contributed by atoms with Gasteiger partial charge in [-0.25, -0.2) is 4.79 Å². The van der Waals surface area contributed by atoms with Crippen LogP contribution in [0.5, 0.6) is 23.0 Å². The Bertz CT molecular complexity index is 979. The average molecular weight is 384 g/mol.